The van der Waals surface area contributed by atoms with Gasteiger partial charge in [-0.25, -0.2) is 8.42 Å². The second kappa shape index (κ2) is 8.20. The molecule has 7 heteroatoms. The van der Waals surface area contributed by atoms with E-state index in [4.69, 9.17) is 5.73 Å². The van der Waals surface area contributed by atoms with Crippen molar-refractivity contribution in [2.75, 3.05) is 13.3 Å². The van der Waals surface area contributed by atoms with Gasteiger partial charge in [-0.05, 0) is 19.3 Å². The summed E-state index contributed by atoms with van der Waals surface area (Å²) in [5, 5.41) is -0.441. The Kier molecular flexibility index (Phi) is 8.06. The summed E-state index contributed by atoms with van der Waals surface area (Å²) < 4.78 is 23.7. The predicted molar refractivity (Wildman–Crippen MR) is 83.8 cm³/mol. The Balaban J connectivity index is 0.00000361. The topological polar surface area (TPSA) is 80.5 Å². The van der Waals surface area contributed by atoms with Crippen LogP contribution >= 0.6 is 12.4 Å². The molecule has 3 atom stereocenters. The number of sulfone groups is 1. The van der Waals surface area contributed by atoms with Crippen LogP contribution in [0.4, 0.5) is 0 Å². The van der Waals surface area contributed by atoms with Gasteiger partial charge in [0.15, 0.2) is 9.84 Å². The predicted octanol–water partition coefficient (Wildman–Crippen LogP) is 1.35. The second-order valence-electron chi connectivity index (χ2n) is 5.56. The molecule has 1 aliphatic rings. The molecule has 0 bridgehead atoms. The largest absolute Gasteiger partial charge is 0.340 e. The smallest absolute Gasteiger partial charge is 0.239 e. The molecule has 0 saturated heterocycles. The summed E-state index contributed by atoms with van der Waals surface area (Å²) in [7, 11) is -1.44. The third-order valence-electron chi connectivity index (χ3n) is 3.98. The zero-order valence-electron chi connectivity index (χ0n) is 12.5. The average Bonchev–Trinajstić information content (AvgIpc) is 2.36. The van der Waals surface area contributed by atoms with E-state index in [1.165, 1.54) is 6.26 Å². The van der Waals surface area contributed by atoms with Crippen molar-refractivity contribution in [1.82, 2.24) is 4.90 Å². The Morgan fingerprint density at radius 1 is 1.35 bits per heavy atom. The number of likely N-dealkylation sites (N-methyl/N-ethyl adjacent to an activating group) is 1. The van der Waals surface area contributed by atoms with Gasteiger partial charge in [0.1, 0.15) is 0 Å². The fraction of sp³-hybridized carbons (Fsp3) is 0.923. The van der Waals surface area contributed by atoms with Crippen molar-refractivity contribution in [1.29, 1.82) is 0 Å². The summed E-state index contributed by atoms with van der Waals surface area (Å²) in [4.78, 5) is 13.8. The van der Waals surface area contributed by atoms with Gasteiger partial charge in [0.2, 0.25) is 5.91 Å². The number of nitrogens with zero attached hydrogens (tertiary/aromatic N) is 1. The summed E-state index contributed by atoms with van der Waals surface area (Å²) in [6.45, 7) is 1.98. The van der Waals surface area contributed by atoms with Crippen molar-refractivity contribution in [3.8, 4) is 0 Å². The molecule has 0 aromatic heterocycles. The van der Waals surface area contributed by atoms with Crippen LogP contribution < -0.4 is 5.73 Å². The van der Waals surface area contributed by atoms with Crippen LogP contribution in [-0.2, 0) is 14.6 Å². The lowest BCUT2D eigenvalue weighted by Crippen LogP contribution is -2.53. The molecule has 1 amide bonds. The van der Waals surface area contributed by atoms with Gasteiger partial charge in [0.05, 0.1) is 11.3 Å². The fourth-order valence-electron chi connectivity index (χ4n) is 2.88. The lowest BCUT2D eigenvalue weighted by Gasteiger charge is -2.38. The van der Waals surface area contributed by atoms with E-state index >= 15 is 0 Å². The van der Waals surface area contributed by atoms with Gasteiger partial charge >= 0.3 is 0 Å². The zero-order chi connectivity index (χ0) is 14.6. The Morgan fingerprint density at radius 2 is 1.90 bits per heavy atom. The third kappa shape index (κ3) is 4.90. The maximum Gasteiger partial charge on any atom is 0.239 e. The number of carbonyl (C=O) groups excluding carboxylic acids is 1. The summed E-state index contributed by atoms with van der Waals surface area (Å²) in [6, 6.07) is -0.740. The van der Waals surface area contributed by atoms with E-state index in [1.54, 1.807) is 11.9 Å². The van der Waals surface area contributed by atoms with Crippen LogP contribution in [0.5, 0.6) is 0 Å². The number of hydrogen-bond donors (Lipinski definition) is 1. The number of carbonyl (C=O) groups is 1. The molecule has 120 valence electrons. The van der Waals surface area contributed by atoms with Crippen LogP contribution in [0.25, 0.3) is 0 Å². The van der Waals surface area contributed by atoms with E-state index in [9.17, 15) is 13.2 Å². The standard InChI is InChI=1S/C13H26N2O3S.ClH/c1-4-7-10(14)13(16)15(2)11-8-5-6-9-12(11)19(3,17)18;/h10-12H,4-9,14H2,1-3H3;1H. The normalized spacial score (nSPS) is 24.6. The minimum Gasteiger partial charge on any atom is -0.340 e. The maximum absolute atomic E-state index is 12.2. The molecule has 5 nitrogen and oxygen atoms in total. The van der Waals surface area contributed by atoms with E-state index in [-0.39, 0.29) is 24.4 Å². The highest BCUT2D eigenvalue weighted by Gasteiger charge is 2.37. The lowest BCUT2D eigenvalue weighted by molar-refractivity contribution is -0.134. The van der Waals surface area contributed by atoms with E-state index in [0.717, 1.165) is 25.7 Å². The van der Waals surface area contributed by atoms with Gasteiger partial charge in [0.25, 0.3) is 0 Å². The van der Waals surface area contributed by atoms with Gasteiger partial charge in [-0.3, -0.25) is 4.79 Å². The molecular formula is C13H27ClN2O3S. The number of nitrogens with two attached hydrogens (primary N) is 1. The third-order valence-corrected chi connectivity index (χ3v) is 5.63. The molecule has 20 heavy (non-hydrogen) atoms. The van der Waals surface area contributed by atoms with Crippen molar-refractivity contribution in [3.05, 3.63) is 0 Å². The Labute approximate surface area is 128 Å². The summed E-state index contributed by atoms with van der Waals surface area (Å²) >= 11 is 0. The molecule has 0 aromatic carbocycles. The van der Waals surface area contributed by atoms with Crippen LogP contribution in [0.15, 0.2) is 0 Å². The molecule has 2 N–H and O–H groups in total. The molecule has 1 rings (SSSR count). The van der Waals surface area contributed by atoms with Crippen molar-refractivity contribution >= 4 is 28.2 Å². The summed E-state index contributed by atoms with van der Waals surface area (Å²) in [5.41, 5.74) is 5.85. The molecule has 0 heterocycles. The monoisotopic (exact) mass is 326 g/mol. The molecule has 3 unspecified atom stereocenters. The van der Waals surface area contributed by atoms with Gasteiger partial charge in [-0.1, -0.05) is 26.2 Å². The Morgan fingerprint density at radius 3 is 2.40 bits per heavy atom. The first-order chi connectivity index (χ1) is 8.79. The quantitative estimate of drug-likeness (QED) is 0.827. The van der Waals surface area contributed by atoms with Crippen molar-refractivity contribution in [3.63, 3.8) is 0 Å². The second-order valence-corrected chi connectivity index (χ2v) is 7.83. The van der Waals surface area contributed by atoms with Crippen LogP contribution in [0, 0.1) is 0 Å². The summed E-state index contributed by atoms with van der Waals surface area (Å²) in [6.07, 6.45) is 6.03. The van der Waals surface area contributed by atoms with E-state index in [2.05, 4.69) is 0 Å². The van der Waals surface area contributed by atoms with Crippen molar-refractivity contribution in [2.24, 2.45) is 5.73 Å². The highest BCUT2D eigenvalue weighted by atomic mass is 35.5. The minimum absolute atomic E-state index is 0. The SMILES string of the molecule is CCCC(N)C(=O)N(C)C1CCCCC1S(C)(=O)=O.Cl. The lowest BCUT2D eigenvalue weighted by atomic mass is 9.93. The van der Waals surface area contributed by atoms with Crippen LogP contribution in [0.2, 0.25) is 0 Å². The van der Waals surface area contributed by atoms with Crippen LogP contribution in [0.3, 0.4) is 0 Å². The van der Waals surface area contributed by atoms with Crippen molar-refractivity contribution < 1.29 is 13.2 Å². The molecule has 1 aliphatic carbocycles. The zero-order valence-corrected chi connectivity index (χ0v) is 14.2. The molecular weight excluding hydrogens is 300 g/mol. The van der Waals surface area contributed by atoms with Gasteiger partial charge < -0.3 is 10.6 Å². The van der Waals surface area contributed by atoms with E-state index in [1.807, 2.05) is 6.92 Å². The fourth-order valence-corrected chi connectivity index (χ4v) is 4.36. The minimum atomic E-state index is -3.13. The molecule has 0 radical (unpaired) electrons. The average molecular weight is 327 g/mol. The van der Waals surface area contributed by atoms with Gasteiger partial charge in [-0.2, -0.15) is 0 Å². The van der Waals surface area contributed by atoms with Gasteiger partial charge in [-0.15, -0.1) is 12.4 Å². The highest BCUT2D eigenvalue weighted by molar-refractivity contribution is 7.91. The highest BCUT2D eigenvalue weighted by Crippen LogP contribution is 2.27. The first kappa shape index (κ1) is 19.7. The number of amides is 1. The summed E-state index contributed by atoms with van der Waals surface area (Å²) in [5.74, 6) is -0.137. The molecule has 0 aliphatic heterocycles. The van der Waals surface area contributed by atoms with Crippen LogP contribution in [-0.4, -0.2) is 49.9 Å². The van der Waals surface area contributed by atoms with Crippen LogP contribution in [0.1, 0.15) is 45.4 Å². The van der Waals surface area contributed by atoms with E-state index < -0.39 is 21.1 Å². The number of halogens is 1. The maximum atomic E-state index is 12.2. The molecule has 1 saturated carbocycles. The molecule has 0 spiro atoms. The Bertz CT molecular complexity index is 414. The molecule has 1 fully saturated rings. The number of hydrogen-bond acceptors (Lipinski definition) is 4. The number of rotatable bonds is 5. The Hall–Kier alpha value is -0.330. The molecule has 0 aromatic rings. The van der Waals surface area contributed by atoms with E-state index in [0.29, 0.717) is 12.8 Å². The first-order valence-electron chi connectivity index (χ1n) is 7.00. The first-order valence-corrected chi connectivity index (χ1v) is 8.95. The van der Waals surface area contributed by atoms with Crippen molar-refractivity contribution in [2.45, 2.75) is 62.8 Å². The van der Waals surface area contributed by atoms with Gasteiger partial charge in [0, 0.05) is 19.3 Å².